The van der Waals surface area contributed by atoms with Crippen molar-refractivity contribution >= 4 is 28.6 Å². The SMILES string of the molecule is O=C(OCc1csc(-c2ccsc2)n1)c1nc(-c2ccccc2)n(-c2ccccc2)n1. The zero-order valence-corrected chi connectivity index (χ0v) is 17.8. The molecule has 0 aliphatic rings. The molecule has 0 aliphatic heterocycles. The molecule has 8 heteroatoms. The van der Waals surface area contributed by atoms with Gasteiger partial charge >= 0.3 is 5.97 Å². The third kappa shape index (κ3) is 4.16. The summed E-state index contributed by atoms with van der Waals surface area (Å²) in [5.41, 5.74) is 3.44. The molecule has 0 spiro atoms. The molecule has 2 aromatic carbocycles. The minimum absolute atomic E-state index is 0.0102. The van der Waals surface area contributed by atoms with Crippen LogP contribution in [0.4, 0.5) is 0 Å². The summed E-state index contributed by atoms with van der Waals surface area (Å²) in [5.74, 6) is 0.0000849. The Kier molecular flexibility index (Phi) is 5.39. The lowest BCUT2D eigenvalue weighted by molar-refractivity contribution is 0.0454. The molecule has 0 N–H and O–H groups in total. The molecule has 6 nitrogen and oxygen atoms in total. The summed E-state index contributed by atoms with van der Waals surface area (Å²) in [5, 5.41) is 11.3. The van der Waals surface area contributed by atoms with E-state index >= 15 is 0 Å². The smallest absolute Gasteiger partial charge is 0.378 e. The molecule has 0 amide bonds. The second-order valence-corrected chi connectivity index (χ2v) is 8.24. The number of nitrogens with zero attached hydrogens (tertiary/aromatic N) is 4. The highest BCUT2D eigenvalue weighted by molar-refractivity contribution is 7.14. The van der Waals surface area contributed by atoms with Crippen LogP contribution in [0.15, 0.2) is 82.9 Å². The number of thiazole rings is 1. The van der Waals surface area contributed by atoms with E-state index in [-0.39, 0.29) is 12.4 Å². The first-order chi connectivity index (χ1) is 15.3. The third-order valence-electron chi connectivity index (χ3n) is 4.49. The van der Waals surface area contributed by atoms with Gasteiger partial charge in [0.2, 0.25) is 0 Å². The fourth-order valence-electron chi connectivity index (χ4n) is 3.02. The highest BCUT2D eigenvalue weighted by Gasteiger charge is 2.20. The minimum atomic E-state index is -0.586. The molecule has 0 saturated carbocycles. The summed E-state index contributed by atoms with van der Waals surface area (Å²) in [7, 11) is 0. The Morgan fingerprint density at radius 2 is 1.68 bits per heavy atom. The molecule has 3 aromatic heterocycles. The molecule has 5 aromatic rings. The van der Waals surface area contributed by atoms with E-state index in [4.69, 9.17) is 4.74 Å². The van der Waals surface area contributed by atoms with E-state index in [0.717, 1.165) is 21.8 Å². The lowest BCUT2D eigenvalue weighted by Gasteiger charge is -2.05. The number of esters is 1. The summed E-state index contributed by atoms with van der Waals surface area (Å²) in [6.07, 6.45) is 0. The van der Waals surface area contributed by atoms with Gasteiger partial charge in [-0.25, -0.2) is 19.4 Å². The van der Waals surface area contributed by atoms with Gasteiger partial charge in [0.1, 0.15) is 11.6 Å². The summed E-state index contributed by atoms with van der Waals surface area (Å²) in [4.78, 5) is 21.7. The van der Waals surface area contributed by atoms with Crippen LogP contribution in [0.3, 0.4) is 0 Å². The summed E-state index contributed by atoms with van der Waals surface area (Å²) >= 11 is 3.15. The van der Waals surface area contributed by atoms with E-state index in [0.29, 0.717) is 11.5 Å². The van der Waals surface area contributed by atoms with Gasteiger partial charge in [-0.1, -0.05) is 48.5 Å². The monoisotopic (exact) mass is 444 g/mol. The molecule has 0 bridgehead atoms. The standard InChI is InChI=1S/C23H16N4O2S2/c28-23(29-13-18-15-31-22(24-18)17-11-12-30-14-17)20-25-21(16-7-3-1-4-8-16)27(26-20)19-9-5-2-6-10-19/h1-12,14-15H,13H2. The third-order valence-corrected chi connectivity index (χ3v) is 6.12. The zero-order valence-electron chi connectivity index (χ0n) is 16.2. The first-order valence-corrected chi connectivity index (χ1v) is 11.3. The average Bonchev–Trinajstić information content (AvgIpc) is 3.59. The van der Waals surface area contributed by atoms with Crippen molar-refractivity contribution in [2.45, 2.75) is 6.61 Å². The van der Waals surface area contributed by atoms with Gasteiger partial charge in [0.15, 0.2) is 5.82 Å². The number of hydrogen-bond acceptors (Lipinski definition) is 7. The highest BCUT2D eigenvalue weighted by Crippen LogP contribution is 2.26. The van der Waals surface area contributed by atoms with Crippen LogP contribution >= 0.6 is 22.7 Å². The van der Waals surface area contributed by atoms with E-state index in [1.54, 1.807) is 16.0 Å². The van der Waals surface area contributed by atoms with Crippen molar-refractivity contribution in [2.75, 3.05) is 0 Å². The molecule has 0 fully saturated rings. The first-order valence-electron chi connectivity index (χ1n) is 9.50. The van der Waals surface area contributed by atoms with Crippen molar-refractivity contribution in [1.29, 1.82) is 0 Å². The van der Waals surface area contributed by atoms with Gasteiger partial charge in [-0.3, -0.25) is 0 Å². The molecular weight excluding hydrogens is 428 g/mol. The van der Waals surface area contributed by atoms with E-state index < -0.39 is 5.97 Å². The summed E-state index contributed by atoms with van der Waals surface area (Å²) in [6, 6.07) is 21.2. The van der Waals surface area contributed by atoms with Gasteiger partial charge in [-0.15, -0.1) is 16.4 Å². The molecule has 0 saturated heterocycles. The number of benzene rings is 2. The highest BCUT2D eigenvalue weighted by atomic mass is 32.1. The Morgan fingerprint density at radius 3 is 2.42 bits per heavy atom. The van der Waals surface area contributed by atoms with Gasteiger partial charge in [-0.05, 0) is 23.6 Å². The number of hydrogen-bond donors (Lipinski definition) is 0. The predicted molar refractivity (Wildman–Crippen MR) is 121 cm³/mol. The van der Waals surface area contributed by atoms with Crippen LogP contribution in [0.2, 0.25) is 0 Å². The second kappa shape index (κ2) is 8.63. The number of aromatic nitrogens is 4. The Balaban J connectivity index is 1.38. The summed E-state index contributed by atoms with van der Waals surface area (Å²) in [6.45, 7) is 0.0695. The second-order valence-electron chi connectivity index (χ2n) is 6.60. The van der Waals surface area contributed by atoms with Crippen molar-refractivity contribution in [3.8, 4) is 27.6 Å². The molecular formula is C23H16N4O2S2. The maximum absolute atomic E-state index is 12.7. The summed E-state index contributed by atoms with van der Waals surface area (Å²) < 4.78 is 7.11. The van der Waals surface area contributed by atoms with Gasteiger partial charge in [0.25, 0.3) is 5.82 Å². The van der Waals surface area contributed by atoms with E-state index in [1.165, 1.54) is 11.3 Å². The van der Waals surface area contributed by atoms with Gasteiger partial charge in [0.05, 0.1) is 11.4 Å². The Bertz CT molecular complexity index is 1240. The molecule has 3 heterocycles. The van der Waals surface area contributed by atoms with Gasteiger partial charge < -0.3 is 4.74 Å². The van der Waals surface area contributed by atoms with Crippen LogP contribution in [0.5, 0.6) is 0 Å². The van der Waals surface area contributed by atoms with Crippen LogP contribution in [0.25, 0.3) is 27.6 Å². The Hall–Kier alpha value is -3.62. The van der Waals surface area contributed by atoms with Crippen LogP contribution in [0.1, 0.15) is 16.3 Å². The van der Waals surface area contributed by atoms with Crippen LogP contribution < -0.4 is 0 Å². The van der Waals surface area contributed by atoms with Crippen molar-refractivity contribution in [3.05, 3.63) is 94.4 Å². The first kappa shape index (κ1) is 19.3. The molecule has 0 atom stereocenters. The quantitative estimate of drug-likeness (QED) is 0.325. The van der Waals surface area contributed by atoms with Crippen molar-refractivity contribution < 1.29 is 9.53 Å². The van der Waals surface area contributed by atoms with Gasteiger partial charge in [-0.2, -0.15) is 11.3 Å². The largest absolute Gasteiger partial charge is 0.453 e. The average molecular weight is 445 g/mol. The topological polar surface area (TPSA) is 69.9 Å². The zero-order chi connectivity index (χ0) is 21.0. The minimum Gasteiger partial charge on any atom is -0.453 e. The number of ether oxygens (including phenoxy) is 1. The fourth-order valence-corrected chi connectivity index (χ4v) is 4.53. The lowest BCUT2D eigenvalue weighted by atomic mass is 10.2. The molecule has 152 valence electrons. The number of para-hydroxylation sites is 1. The number of thiophene rings is 1. The molecule has 0 radical (unpaired) electrons. The number of carbonyl (C=O) groups is 1. The van der Waals surface area contributed by atoms with E-state index in [2.05, 4.69) is 15.1 Å². The van der Waals surface area contributed by atoms with Crippen molar-refractivity contribution in [3.63, 3.8) is 0 Å². The van der Waals surface area contributed by atoms with Gasteiger partial charge in [0, 0.05) is 21.9 Å². The van der Waals surface area contributed by atoms with Crippen molar-refractivity contribution in [1.82, 2.24) is 19.7 Å². The van der Waals surface area contributed by atoms with Crippen LogP contribution in [-0.4, -0.2) is 25.7 Å². The lowest BCUT2D eigenvalue weighted by Crippen LogP contribution is -2.08. The molecule has 31 heavy (non-hydrogen) atoms. The van der Waals surface area contributed by atoms with Crippen molar-refractivity contribution in [2.24, 2.45) is 0 Å². The molecule has 0 unspecified atom stereocenters. The Labute approximate surface area is 186 Å². The Morgan fingerprint density at radius 1 is 0.903 bits per heavy atom. The van der Waals surface area contributed by atoms with Crippen LogP contribution in [0, 0.1) is 0 Å². The predicted octanol–water partition coefficient (Wildman–Crippen LogP) is 5.48. The molecule has 0 aliphatic carbocycles. The van der Waals surface area contributed by atoms with E-state index in [1.807, 2.05) is 82.9 Å². The fraction of sp³-hybridized carbons (Fsp3) is 0.0435. The number of carbonyl (C=O) groups excluding carboxylic acids is 1. The van der Waals surface area contributed by atoms with Crippen LogP contribution in [-0.2, 0) is 11.3 Å². The molecule has 5 rings (SSSR count). The normalized spacial score (nSPS) is 10.8. The maximum Gasteiger partial charge on any atom is 0.378 e. The maximum atomic E-state index is 12.7. The number of rotatable bonds is 6. The van der Waals surface area contributed by atoms with E-state index in [9.17, 15) is 4.79 Å².